The molecule has 3 rings (SSSR count). The van der Waals surface area contributed by atoms with Crippen LogP contribution in [-0.4, -0.2) is 46.1 Å². The molecule has 0 saturated carbocycles. The largest absolute Gasteiger partial charge is 0.479 e. The van der Waals surface area contributed by atoms with Crippen molar-refractivity contribution in [2.45, 2.75) is 32.6 Å². The maximum absolute atomic E-state index is 12.2. The summed E-state index contributed by atoms with van der Waals surface area (Å²) in [7, 11) is 1.64. The van der Waals surface area contributed by atoms with Crippen LogP contribution in [0.25, 0.3) is 0 Å². The van der Waals surface area contributed by atoms with Crippen molar-refractivity contribution in [2.24, 2.45) is 0 Å². The fraction of sp³-hybridized carbons (Fsp3) is 0.389. The third kappa shape index (κ3) is 3.86. The van der Waals surface area contributed by atoms with Crippen molar-refractivity contribution in [3.63, 3.8) is 0 Å². The molecule has 1 N–H and O–H groups in total. The first kappa shape index (κ1) is 18.3. The number of amides is 2. The summed E-state index contributed by atoms with van der Waals surface area (Å²) in [4.78, 5) is 14.9. The Morgan fingerprint density at radius 1 is 1.46 bits per heavy atom. The number of ether oxygens (including phenoxy) is 1. The number of anilines is 1. The first-order valence-electron chi connectivity index (χ1n) is 8.45. The normalized spacial score (nSPS) is 18.8. The number of hydrogen-bond donors (Lipinski definition) is 1. The zero-order valence-electron chi connectivity index (χ0n) is 15.0. The van der Waals surface area contributed by atoms with Crippen molar-refractivity contribution in [3.8, 4) is 5.75 Å². The zero-order valence-corrected chi connectivity index (χ0v) is 15.8. The van der Waals surface area contributed by atoms with E-state index in [1.165, 1.54) is 21.1 Å². The number of aryl methyl sites for hydroxylation is 1. The molecule has 1 aromatic carbocycles. The Morgan fingerprint density at radius 3 is 2.92 bits per heavy atom. The Labute approximate surface area is 156 Å². The molecule has 2 heterocycles. The molecule has 7 nitrogen and oxygen atoms in total. The second-order valence-corrected chi connectivity index (χ2v) is 7.12. The van der Waals surface area contributed by atoms with Crippen LogP contribution >= 0.6 is 11.3 Å². The van der Waals surface area contributed by atoms with Crippen LogP contribution in [-0.2, 0) is 0 Å². The van der Waals surface area contributed by atoms with Crippen molar-refractivity contribution in [1.29, 1.82) is 0 Å². The highest BCUT2D eigenvalue weighted by atomic mass is 32.1. The summed E-state index contributed by atoms with van der Waals surface area (Å²) >= 11 is 1.24. The number of aliphatic hydroxyl groups excluding tert-OH is 1. The highest BCUT2D eigenvalue weighted by Crippen LogP contribution is 2.32. The Bertz CT molecular complexity index is 807. The number of carbonyl (C=O) groups is 1. The molecule has 1 saturated heterocycles. The molecule has 2 unspecified atom stereocenters. The molecule has 1 aliphatic rings. The first-order valence-corrected chi connectivity index (χ1v) is 9.27. The lowest BCUT2D eigenvalue weighted by atomic mass is 10.2. The lowest BCUT2D eigenvalue weighted by molar-refractivity contribution is 0.183. The van der Waals surface area contributed by atoms with Gasteiger partial charge in [0.15, 0.2) is 17.3 Å². The molecule has 1 aliphatic heterocycles. The standard InChI is InChI=1S/C18H22N4O3S/c1-4-5-9-14(25-13-8-6-7-12(2)10-13)16-19-20-17(26-16)22-15(23)11-21(3)18(22)24/h5-10,14-15,23H,4,11H2,1-3H3. The van der Waals surface area contributed by atoms with Crippen LogP contribution < -0.4 is 9.64 Å². The summed E-state index contributed by atoms with van der Waals surface area (Å²) in [6.07, 6.45) is 3.48. The van der Waals surface area contributed by atoms with E-state index in [1.54, 1.807) is 7.05 Å². The molecule has 0 bridgehead atoms. The smallest absolute Gasteiger partial charge is 0.328 e. The van der Waals surface area contributed by atoms with Gasteiger partial charge >= 0.3 is 6.03 Å². The van der Waals surface area contributed by atoms with Crippen molar-refractivity contribution < 1.29 is 14.6 Å². The van der Waals surface area contributed by atoms with Gasteiger partial charge in [0.1, 0.15) is 5.75 Å². The number of likely N-dealkylation sites (N-methyl/N-ethyl adjacent to an activating group) is 1. The fourth-order valence-corrected chi connectivity index (χ4v) is 3.52. The number of aliphatic hydroxyl groups is 1. The summed E-state index contributed by atoms with van der Waals surface area (Å²) in [6.45, 7) is 4.29. The maximum atomic E-state index is 12.2. The maximum Gasteiger partial charge on any atom is 0.328 e. The van der Waals surface area contributed by atoms with E-state index in [9.17, 15) is 9.90 Å². The van der Waals surface area contributed by atoms with Crippen molar-refractivity contribution in [3.05, 3.63) is 47.0 Å². The van der Waals surface area contributed by atoms with Crippen LogP contribution in [0.15, 0.2) is 36.4 Å². The van der Waals surface area contributed by atoms with Crippen molar-refractivity contribution in [2.75, 3.05) is 18.5 Å². The van der Waals surface area contributed by atoms with Gasteiger partial charge in [0.25, 0.3) is 0 Å². The summed E-state index contributed by atoms with van der Waals surface area (Å²) in [6, 6.07) is 7.50. The number of carbonyl (C=O) groups excluding carboxylic acids is 1. The number of β-amino-alcohol motifs (C(OH)–C–C–N with tert-alkyl or cyclic N) is 1. The lowest BCUT2D eigenvalue weighted by Crippen LogP contribution is -2.34. The van der Waals surface area contributed by atoms with Gasteiger partial charge in [-0.1, -0.05) is 36.5 Å². The molecule has 2 atom stereocenters. The van der Waals surface area contributed by atoms with Crippen molar-refractivity contribution in [1.82, 2.24) is 15.1 Å². The third-order valence-corrected chi connectivity index (χ3v) is 4.93. The van der Waals surface area contributed by atoms with E-state index in [-0.39, 0.29) is 12.6 Å². The molecule has 0 radical (unpaired) electrons. The van der Waals surface area contributed by atoms with Crippen LogP contribution in [0, 0.1) is 6.92 Å². The van der Waals surface area contributed by atoms with Gasteiger partial charge in [-0.05, 0) is 37.1 Å². The minimum absolute atomic E-state index is 0.243. The molecule has 2 aromatic rings. The van der Waals surface area contributed by atoms with E-state index in [4.69, 9.17) is 4.74 Å². The van der Waals surface area contributed by atoms with Crippen LogP contribution in [0.3, 0.4) is 0 Å². The third-order valence-electron chi connectivity index (χ3n) is 3.95. The average molecular weight is 374 g/mol. The predicted molar refractivity (Wildman–Crippen MR) is 100 cm³/mol. The summed E-state index contributed by atoms with van der Waals surface area (Å²) in [5, 5.41) is 19.4. The monoisotopic (exact) mass is 374 g/mol. The molecule has 8 heteroatoms. The molecule has 0 aliphatic carbocycles. The van der Waals surface area contributed by atoms with E-state index < -0.39 is 12.3 Å². The predicted octanol–water partition coefficient (Wildman–Crippen LogP) is 3.12. The average Bonchev–Trinajstić information content (AvgIpc) is 3.16. The topological polar surface area (TPSA) is 78.8 Å². The van der Waals surface area contributed by atoms with E-state index in [0.717, 1.165) is 17.7 Å². The number of benzene rings is 1. The summed E-state index contributed by atoms with van der Waals surface area (Å²) in [5.74, 6) is 0.740. The molecule has 138 valence electrons. The Hall–Kier alpha value is -2.45. The van der Waals surface area contributed by atoms with Gasteiger partial charge in [0.05, 0.1) is 6.54 Å². The quantitative estimate of drug-likeness (QED) is 0.786. The van der Waals surface area contributed by atoms with Crippen LogP contribution in [0.1, 0.15) is 30.0 Å². The SMILES string of the molecule is CCC=CC(Oc1cccc(C)c1)c1nnc(N2C(=O)N(C)CC2O)s1. The van der Waals surface area contributed by atoms with Gasteiger partial charge in [-0.2, -0.15) is 0 Å². The van der Waals surface area contributed by atoms with E-state index in [2.05, 4.69) is 10.2 Å². The highest BCUT2D eigenvalue weighted by Gasteiger charge is 2.37. The number of hydrogen-bond acceptors (Lipinski definition) is 6. The van der Waals surface area contributed by atoms with Gasteiger partial charge in [-0.25, -0.2) is 9.69 Å². The molecule has 0 spiro atoms. The Morgan fingerprint density at radius 2 is 2.27 bits per heavy atom. The Kier molecular flexibility index (Phi) is 5.53. The van der Waals surface area contributed by atoms with Gasteiger partial charge < -0.3 is 14.7 Å². The summed E-state index contributed by atoms with van der Waals surface area (Å²) in [5.41, 5.74) is 1.10. The highest BCUT2D eigenvalue weighted by molar-refractivity contribution is 7.15. The number of nitrogens with zero attached hydrogens (tertiary/aromatic N) is 4. The van der Waals surface area contributed by atoms with Crippen LogP contribution in [0.5, 0.6) is 5.75 Å². The second-order valence-electron chi connectivity index (χ2n) is 6.13. The molecular weight excluding hydrogens is 352 g/mol. The van der Waals surface area contributed by atoms with E-state index >= 15 is 0 Å². The molecular formula is C18H22N4O3S. The lowest BCUT2D eigenvalue weighted by Gasteiger charge is -2.15. The molecule has 1 fully saturated rings. The first-order chi connectivity index (χ1) is 12.5. The molecule has 1 aromatic heterocycles. The van der Waals surface area contributed by atoms with Crippen LogP contribution in [0.4, 0.5) is 9.93 Å². The van der Waals surface area contributed by atoms with Gasteiger partial charge in [-0.3, -0.25) is 0 Å². The number of urea groups is 1. The molecule has 2 amide bonds. The van der Waals surface area contributed by atoms with Gasteiger partial charge in [-0.15, -0.1) is 10.2 Å². The number of allylic oxidation sites excluding steroid dienone is 1. The van der Waals surface area contributed by atoms with E-state index in [1.807, 2.05) is 50.3 Å². The minimum atomic E-state index is -0.921. The summed E-state index contributed by atoms with van der Waals surface area (Å²) < 4.78 is 6.08. The Balaban J connectivity index is 1.85. The van der Waals surface area contributed by atoms with Gasteiger partial charge in [0.2, 0.25) is 5.13 Å². The fourth-order valence-electron chi connectivity index (χ4n) is 2.63. The number of aromatic nitrogens is 2. The van der Waals surface area contributed by atoms with Gasteiger partial charge in [0, 0.05) is 7.05 Å². The molecule has 26 heavy (non-hydrogen) atoms. The van der Waals surface area contributed by atoms with E-state index in [0.29, 0.717) is 10.1 Å². The zero-order chi connectivity index (χ0) is 18.7. The van der Waals surface area contributed by atoms with Crippen molar-refractivity contribution >= 4 is 22.5 Å². The number of rotatable bonds is 6. The van der Waals surface area contributed by atoms with Crippen LogP contribution in [0.2, 0.25) is 0 Å². The minimum Gasteiger partial charge on any atom is -0.479 e. The second kappa shape index (κ2) is 7.84.